The predicted molar refractivity (Wildman–Crippen MR) is 133 cm³/mol. The van der Waals surface area contributed by atoms with Crippen molar-refractivity contribution < 1.29 is 32.3 Å². The summed E-state index contributed by atoms with van der Waals surface area (Å²) >= 11 is 0.892. The number of nitrogens with zero attached hydrogens (tertiary/aromatic N) is 1. The largest absolute Gasteiger partial charge is 0.389 e. The topological polar surface area (TPSA) is 143 Å². The minimum Gasteiger partial charge on any atom is -0.389 e. The van der Waals surface area contributed by atoms with Gasteiger partial charge in [-0.25, -0.2) is 17.8 Å². The lowest BCUT2D eigenvalue weighted by Crippen LogP contribution is -2.41. The number of halogens is 1. The summed E-state index contributed by atoms with van der Waals surface area (Å²) in [6.45, 7) is -0.912. The molecule has 3 N–H and O–H groups in total. The fourth-order valence-corrected chi connectivity index (χ4v) is 6.16. The highest BCUT2D eigenvalue weighted by Gasteiger charge is 2.34. The molecule has 0 aliphatic heterocycles. The van der Waals surface area contributed by atoms with Gasteiger partial charge in [0.05, 0.1) is 16.8 Å². The van der Waals surface area contributed by atoms with E-state index in [1.54, 1.807) is 24.3 Å². The van der Waals surface area contributed by atoms with Crippen molar-refractivity contribution >= 4 is 49.0 Å². The number of hydrogen-bond acceptors (Lipinski definition) is 8. The smallest absolute Gasteiger partial charge is 0.245 e. The minimum atomic E-state index is -3.95. The second-order valence-corrected chi connectivity index (χ2v) is 11.9. The van der Waals surface area contributed by atoms with Crippen molar-refractivity contribution in [3.05, 3.63) is 52.8 Å². The van der Waals surface area contributed by atoms with Gasteiger partial charge < -0.3 is 15.7 Å². The quantitative estimate of drug-likeness (QED) is 0.360. The lowest BCUT2D eigenvalue weighted by Gasteiger charge is -2.12. The summed E-state index contributed by atoms with van der Waals surface area (Å²) in [7, 11) is -3.95. The van der Waals surface area contributed by atoms with Gasteiger partial charge >= 0.3 is 0 Å². The Balaban J connectivity index is 1.59. The van der Waals surface area contributed by atoms with E-state index in [4.69, 9.17) is 5.11 Å². The number of aromatic nitrogens is 1. The minimum absolute atomic E-state index is 0.0259. The first-order valence-electron chi connectivity index (χ1n) is 11.1. The maximum Gasteiger partial charge on any atom is 0.245 e. The first-order valence-corrected chi connectivity index (χ1v) is 13.9. The molecule has 0 spiro atoms. The molecule has 36 heavy (non-hydrogen) atoms. The average Bonchev–Trinajstić information content (AvgIpc) is 3.54. The zero-order valence-electron chi connectivity index (χ0n) is 19.3. The Labute approximate surface area is 210 Å². The Morgan fingerprint density at radius 2 is 1.89 bits per heavy atom. The van der Waals surface area contributed by atoms with Crippen molar-refractivity contribution in [2.45, 2.75) is 30.6 Å². The molecule has 1 fully saturated rings. The van der Waals surface area contributed by atoms with E-state index in [-0.39, 0.29) is 35.4 Å². The highest BCUT2D eigenvalue weighted by molar-refractivity contribution is 7.91. The fraction of sp³-hybridized carbons (Fsp3) is 0.333. The standard InChI is InChI=1S/C24H24FN3O6S2/c1-36(33,34)22(23(32)26-11-21(31)27-15-6-7-15)24-28-19-9-17(18(25)10-20(19)35-24)14-4-2-13(3-5-14)8-16(30)12-29/h2-5,9-10,15,22,29H,6-8,11-12H2,1H3,(H,26,32)(H,27,31). The third-order valence-corrected chi connectivity index (χ3v) is 8.12. The number of Topliss-reactive ketones (excluding diaryl/α,β-unsaturated/α-hetero) is 1. The molecule has 1 unspecified atom stereocenters. The molecule has 0 radical (unpaired) electrons. The highest BCUT2D eigenvalue weighted by atomic mass is 32.2. The van der Waals surface area contributed by atoms with Gasteiger partial charge in [0.2, 0.25) is 11.8 Å². The number of ketones is 1. The molecule has 190 valence electrons. The number of benzene rings is 2. The summed E-state index contributed by atoms with van der Waals surface area (Å²) in [6.07, 6.45) is 2.72. The summed E-state index contributed by atoms with van der Waals surface area (Å²) < 4.78 is 40.2. The first-order chi connectivity index (χ1) is 17.0. The van der Waals surface area contributed by atoms with E-state index >= 15 is 0 Å². The molecule has 1 saturated carbocycles. The maximum absolute atomic E-state index is 14.9. The molecule has 3 aromatic rings. The van der Waals surface area contributed by atoms with Crippen molar-refractivity contribution in [3.8, 4) is 11.1 Å². The highest BCUT2D eigenvalue weighted by Crippen LogP contribution is 2.35. The van der Waals surface area contributed by atoms with Crippen LogP contribution in [0.5, 0.6) is 0 Å². The number of carbonyl (C=O) groups excluding carboxylic acids is 3. The van der Waals surface area contributed by atoms with Gasteiger partial charge in [-0.05, 0) is 36.1 Å². The van der Waals surface area contributed by atoms with Crippen LogP contribution in [0.3, 0.4) is 0 Å². The van der Waals surface area contributed by atoms with E-state index in [0.29, 0.717) is 21.3 Å². The molecule has 12 heteroatoms. The van der Waals surface area contributed by atoms with E-state index in [0.717, 1.165) is 30.4 Å². The molecule has 1 aliphatic carbocycles. The Morgan fingerprint density at radius 3 is 2.50 bits per heavy atom. The van der Waals surface area contributed by atoms with Crippen LogP contribution in [0.2, 0.25) is 0 Å². The first kappa shape index (κ1) is 25.9. The van der Waals surface area contributed by atoms with E-state index in [1.165, 1.54) is 12.1 Å². The molecule has 2 amide bonds. The van der Waals surface area contributed by atoms with Gasteiger partial charge in [-0.15, -0.1) is 11.3 Å². The zero-order chi connectivity index (χ0) is 26.0. The molecular formula is C24H24FN3O6S2. The van der Waals surface area contributed by atoms with E-state index in [1.807, 2.05) is 0 Å². The Hall–Kier alpha value is -3.22. The third kappa shape index (κ3) is 6.12. The summed E-state index contributed by atoms with van der Waals surface area (Å²) in [4.78, 5) is 40.4. The number of fused-ring (bicyclic) bond motifs is 1. The lowest BCUT2D eigenvalue weighted by atomic mass is 10.0. The molecule has 0 bridgehead atoms. The molecule has 1 atom stereocenters. The van der Waals surface area contributed by atoms with Crippen LogP contribution in [0.4, 0.5) is 4.39 Å². The number of nitrogens with one attached hydrogen (secondary N) is 2. The van der Waals surface area contributed by atoms with Gasteiger partial charge in [0.25, 0.3) is 0 Å². The number of hydrogen-bond donors (Lipinski definition) is 3. The zero-order valence-corrected chi connectivity index (χ0v) is 20.9. The summed E-state index contributed by atoms with van der Waals surface area (Å²) in [5.74, 6) is -2.18. The predicted octanol–water partition coefficient (Wildman–Crippen LogP) is 1.69. The maximum atomic E-state index is 14.9. The third-order valence-electron chi connectivity index (χ3n) is 5.59. The van der Waals surface area contributed by atoms with E-state index in [9.17, 15) is 27.2 Å². The number of thiazole rings is 1. The lowest BCUT2D eigenvalue weighted by molar-refractivity contribution is -0.126. The van der Waals surface area contributed by atoms with Crippen LogP contribution >= 0.6 is 11.3 Å². The Bertz CT molecular complexity index is 1430. The van der Waals surface area contributed by atoms with Crippen LogP contribution < -0.4 is 10.6 Å². The van der Waals surface area contributed by atoms with Crippen LogP contribution in [-0.2, 0) is 30.6 Å². The number of sulfone groups is 1. The molecule has 2 aromatic carbocycles. The van der Waals surface area contributed by atoms with Crippen molar-refractivity contribution in [1.82, 2.24) is 15.6 Å². The van der Waals surface area contributed by atoms with Crippen LogP contribution in [-0.4, -0.2) is 61.6 Å². The van der Waals surface area contributed by atoms with Gasteiger partial charge in [0.15, 0.2) is 20.9 Å². The van der Waals surface area contributed by atoms with Crippen molar-refractivity contribution in [3.63, 3.8) is 0 Å². The molecule has 1 aliphatic rings. The van der Waals surface area contributed by atoms with Crippen LogP contribution in [0.25, 0.3) is 21.3 Å². The normalized spacial score (nSPS) is 14.4. The second-order valence-electron chi connectivity index (χ2n) is 8.69. The van der Waals surface area contributed by atoms with Gasteiger partial charge in [0, 0.05) is 24.3 Å². The molecule has 9 nitrogen and oxygen atoms in total. The SMILES string of the molecule is CS(=O)(=O)C(C(=O)NCC(=O)NC1CC1)c1nc2cc(-c3ccc(CC(=O)CO)cc3)c(F)cc2s1. The van der Waals surface area contributed by atoms with Crippen LogP contribution in [0.1, 0.15) is 28.7 Å². The van der Waals surface area contributed by atoms with Crippen LogP contribution in [0.15, 0.2) is 36.4 Å². The molecular weight excluding hydrogens is 509 g/mol. The van der Waals surface area contributed by atoms with Gasteiger partial charge in [-0.2, -0.15) is 0 Å². The number of aliphatic hydroxyl groups excluding tert-OH is 1. The Kier molecular flexibility index (Phi) is 7.48. The fourth-order valence-electron chi connectivity index (χ4n) is 3.64. The van der Waals surface area contributed by atoms with Crippen molar-refractivity contribution in [2.75, 3.05) is 19.4 Å². The van der Waals surface area contributed by atoms with Gasteiger partial charge in [-0.3, -0.25) is 14.4 Å². The van der Waals surface area contributed by atoms with E-state index in [2.05, 4.69) is 15.6 Å². The number of rotatable bonds is 10. The molecule has 1 aromatic heterocycles. The summed E-state index contributed by atoms with van der Waals surface area (Å²) in [6, 6.07) is 9.39. The number of amides is 2. The van der Waals surface area contributed by atoms with Gasteiger partial charge in [-0.1, -0.05) is 24.3 Å². The van der Waals surface area contributed by atoms with Gasteiger partial charge in [0.1, 0.15) is 17.4 Å². The summed E-state index contributed by atoms with van der Waals surface area (Å²) in [5, 5.41) is 12.3. The monoisotopic (exact) mass is 533 g/mol. The van der Waals surface area contributed by atoms with Crippen molar-refractivity contribution in [1.29, 1.82) is 0 Å². The summed E-state index contributed by atoms with van der Waals surface area (Å²) in [5.41, 5.74) is 1.72. The van der Waals surface area contributed by atoms with Crippen LogP contribution in [0, 0.1) is 5.82 Å². The Morgan fingerprint density at radius 1 is 1.19 bits per heavy atom. The number of aliphatic hydroxyl groups is 1. The van der Waals surface area contributed by atoms with E-state index < -0.39 is 39.3 Å². The average molecular weight is 534 g/mol. The number of carbonyl (C=O) groups is 3. The molecule has 1 heterocycles. The molecule has 4 rings (SSSR count). The van der Waals surface area contributed by atoms with Crippen molar-refractivity contribution in [2.24, 2.45) is 0 Å². The molecule has 0 saturated heterocycles. The second kappa shape index (κ2) is 10.4.